The summed E-state index contributed by atoms with van der Waals surface area (Å²) in [5.74, 6) is 3.14. The minimum absolute atomic E-state index is 0.0483. The Labute approximate surface area is 166 Å². The van der Waals surface area contributed by atoms with Gasteiger partial charge in [-0.15, -0.1) is 0 Å². The highest BCUT2D eigenvalue weighted by molar-refractivity contribution is 5.78. The predicted octanol–water partition coefficient (Wildman–Crippen LogP) is 3.22. The smallest absolute Gasteiger partial charge is 0.260 e. The molecule has 6 nitrogen and oxygen atoms in total. The molecule has 0 atom stereocenters. The third-order valence-corrected chi connectivity index (χ3v) is 5.75. The SMILES string of the molecule is Cc1nccn1CC1CCN(C(=O)COc2cccc3c2OC(C)(C)C3)CC1. The number of para-hydroxylation sites is 1. The van der Waals surface area contributed by atoms with Crippen LogP contribution in [0.5, 0.6) is 11.5 Å². The van der Waals surface area contributed by atoms with Crippen molar-refractivity contribution in [3.63, 3.8) is 0 Å². The van der Waals surface area contributed by atoms with Gasteiger partial charge in [0.1, 0.15) is 11.4 Å². The van der Waals surface area contributed by atoms with E-state index in [1.165, 1.54) is 0 Å². The summed E-state index contributed by atoms with van der Waals surface area (Å²) in [5, 5.41) is 0. The molecule has 2 aromatic rings. The molecule has 0 bridgehead atoms. The highest BCUT2D eigenvalue weighted by atomic mass is 16.5. The fraction of sp³-hybridized carbons (Fsp3) is 0.545. The Bertz CT molecular complexity index is 850. The molecule has 6 heteroatoms. The Morgan fingerprint density at radius 2 is 2.11 bits per heavy atom. The van der Waals surface area contributed by atoms with Gasteiger partial charge >= 0.3 is 0 Å². The van der Waals surface area contributed by atoms with E-state index in [9.17, 15) is 4.79 Å². The number of piperidine rings is 1. The van der Waals surface area contributed by atoms with Crippen LogP contribution in [0.3, 0.4) is 0 Å². The van der Waals surface area contributed by atoms with Crippen LogP contribution in [0.1, 0.15) is 38.1 Å². The first-order chi connectivity index (χ1) is 13.4. The molecule has 1 amide bonds. The van der Waals surface area contributed by atoms with Crippen LogP contribution in [-0.2, 0) is 17.8 Å². The fourth-order valence-corrected chi connectivity index (χ4v) is 4.17. The fourth-order valence-electron chi connectivity index (χ4n) is 4.17. The van der Waals surface area contributed by atoms with Gasteiger partial charge < -0.3 is 18.9 Å². The van der Waals surface area contributed by atoms with Gasteiger partial charge in [0, 0.05) is 44.0 Å². The molecule has 0 saturated carbocycles. The molecule has 2 aliphatic rings. The summed E-state index contributed by atoms with van der Waals surface area (Å²) in [6.07, 6.45) is 6.76. The van der Waals surface area contributed by atoms with Crippen LogP contribution in [0.4, 0.5) is 0 Å². The Balaban J connectivity index is 1.28. The quantitative estimate of drug-likeness (QED) is 0.795. The number of nitrogens with zero attached hydrogens (tertiary/aromatic N) is 3. The average molecular weight is 383 g/mol. The molecule has 1 aromatic carbocycles. The summed E-state index contributed by atoms with van der Waals surface area (Å²) >= 11 is 0. The standard InChI is InChI=1S/C22H29N3O3/c1-16-23-9-12-25(16)14-17-7-10-24(11-8-17)20(26)15-27-19-6-4-5-18-13-22(2,3)28-21(18)19/h4-6,9,12,17H,7-8,10-11,13-15H2,1-3H3. The summed E-state index contributed by atoms with van der Waals surface area (Å²) < 4.78 is 14.1. The molecule has 150 valence electrons. The molecular formula is C22H29N3O3. The van der Waals surface area contributed by atoms with E-state index in [-0.39, 0.29) is 18.1 Å². The summed E-state index contributed by atoms with van der Waals surface area (Å²) in [7, 11) is 0. The van der Waals surface area contributed by atoms with Gasteiger partial charge in [-0.3, -0.25) is 4.79 Å². The second kappa shape index (κ2) is 7.49. The first kappa shape index (κ1) is 18.8. The molecule has 4 rings (SSSR count). The highest BCUT2D eigenvalue weighted by Crippen LogP contribution is 2.41. The molecule has 1 fully saturated rings. The Morgan fingerprint density at radius 3 is 2.82 bits per heavy atom. The van der Waals surface area contributed by atoms with Crippen molar-refractivity contribution in [3.8, 4) is 11.5 Å². The lowest BCUT2D eigenvalue weighted by Crippen LogP contribution is -2.41. The maximum absolute atomic E-state index is 12.6. The number of likely N-dealkylation sites (tertiary alicyclic amines) is 1. The number of carbonyl (C=O) groups excluding carboxylic acids is 1. The number of rotatable bonds is 5. The number of benzene rings is 1. The van der Waals surface area contributed by atoms with Crippen LogP contribution in [0.15, 0.2) is 30.6 Å². The van der Waals surface area contributed by atoms with Crippen LogP contribution in [0, 0.1) is 12.8 Å². The Kier molecular flexibility index (Phi) is 5.04. The lowest BCUT2D eigenvalue weighted by Gasteiger charge is -2.32. The van der Waals surface area contributed by atoms with E-state index in [0.717, 1.165) is 56.0 Å². The summed E-state index contributed by atoms with van der Waals surface area (Å²) in [4.78, 5) is 18.8. The predicted molar refractivity (Wildman–Crippen MR) is 107 cm³/mol. The average Bonchev–Trinajstić information content (AvgIpc) is 3.21. The van der Waals surface area contributed by atoms with E-state index < -0.39 is 0 Å². The van der Waals surface area contributed by atoms with Gasteiger partial charge in [0.15, 0.2) is 18.1 Å². The van der Waals surface area contributed by atoms with E-state index in [0.29, 0.717) is 11.7 Å². The zero-order chi connectivity index (χ0) is 19.7. The lowest BCUT2D eigenvalue weighted by molar-refractivity contribution is -0.134. The number of aryl methyl sites for hydroxylation is 1. The molecule has 2 aliphatic heterocycles. The number of fused-ring (bicyclic) bond motifs is 1. The minimum Gasteiger partial charge on any atom is -0.483 e. The van der Waals surface area contributed by atoms with Gasteiger partial charge in [-0.05, 0) is 45.6 Å². The van der Waals surface area contributed by atoms with Crippen molar-refractivity contribution < 1.29 is 14.3 Å². The molecular weight excluding hydrogens is 354 g/mol. The van der Waals surface area contributed by atoms with Gasteiger partial charge in [0.2, 0.25) is 0 Å². The molecule has 28 heavy (non-hydrogen) atoms. The van der Waals surface area contributed by atoms with Gasteiger partial charge in [-0.2, -0.15) is 0 Å². The largest absolute Gasteiger partial charge is 0.483 e. The summed E-state index contributed by atoms with van der Waals surface area (Å²) in [6, 6.07) is 5.91. The van der Waals surface area contributed by atoms with E-state index in [4.69, 9.17) is 9.47 Å². The monoisotopic (exact) mass is 383 g/mol. The number of hydrogen-bond donors (Lipinski definition) is 0. The van der Waals surface area contributed by atoms with Gasteiger partial charge in [0.05, 0.1) is 0 Å². The maximum Gasteiger partial charge on any atom is 0.260 e. The van der Waals surface area contributed by atoms with Crippen molar-refractivity contribution >= 4 is 5.91 Å². The molecule has 0 aliphatic carbocycles. The van der Waals surface area contributed by atoms with E-state index in [1.54, 1.807) is 0 Å². The normalized spacial score (nSPS) is 18.6. The number of carbonyl (C=O) groups is 1. The lowest BCUT2D eigenvalue weighted by atomic mass is 9.96. The Hall–Kier alpha value is -2.50. The second-order valence-corrected chi connectivity index (χ2v) is 8.52. The zero-order valence-electron chi connectivity index (χ0n) is 17.0. The molecule has 0 radical (unpaired) electrons. The number of hydrogen-bond acceptors (Lipinski definition) is 4. The molecule has 0 N–H and O–H groups in total. The molecule has 1 saturated heterocycles. The molecule has 1 aromatic heterocycles. The van der Waals surface area contributed by atoms with Crippen molar-refractivity contribution in [2.24, 2.45) is 5.92 Å². The van der Waals surface area contributed by atoms with Crippen LogP contribution < -0.4 is 9.47 Å². The van der Waals surface area contributed by atoms with Crippen molar-refractivity contribution in [2.45, 2.75) is 52.2 Å². The summed E-state index contributed by atoms with van der Waals surface area (Å²) in [5.41, 5.74) is 0.923. The van der Waals surface area contributed by atoms with Gasteiger partial charge in [-0.1, -0.05) is 12.1 Å². The maximum atomic E-state index is 12.6. The summed E-state index contributed by atoms with van der Waals surface area (Å²) in [6.45, 7) is 8.78. The number of ether oxygens (including phenoxy) is 2. The third-order valence-electron chi connectivity index (χ3n) is 5.75. The molecule has 0 unspecified atom stereocenters. The Morgan fingerprint density at radius 1 is 1.32 bits per heavy atom. The van der Waals surface area contributed by atoms with E-state index in [2.05, 4.69) is 29.5 Å². The topological polar surface area (TPSA) is 56.6 Å². The number of imidazole rings is 1. The van der Waals surface area contributed by atoms with Crippen molar-refractivity contribution in [2.75, 3.05) is 19.7 Å². The zero-order valence-corrected chi connectivity index (χ0v) is 17.0. The van der Waals surface area contributed by atoms with Crippen LogP contribution in [-0.4, -0.2) is 45.7 Å². The van der Waals surface area contributed by atoms with Crippen LogP contribution in [0.2, 0.25) is 0 Å². The van der Waals surface area contributed by atoms with Crippen LogP contribution in [0.25, 0.3) is 0 Å². The van der Waals surface area contributed by atoms with Crippen LogP contribution >= 0.6 is 0 Å². The number of aromatic nitrogens is 2. The van der Waals surface area contributed by atoms with E-state index in [1.807, 2.05) is 36.4 Å². The van der Waals surface area contributed by atoms with Gasteiger partial charge in [0.25, 0.3) is 5.91 Å². The number of amides is 1. The van der Waals surface area contributed by atoms with Crippen molar-refractivity contribution in [3.05, 3.63) is 42.0 Å². The van der Waals surface area contributed by atoms with E-state index >= 15 is 0 Å². The second-order valence-electron chi connectivity index (χ2n) is 8.52. The van der Waals surface area contributed by atoms with Crippen molar-refractivity contribution in [1.82, 2.24) is 14.5 Å². The van der Waals surface area contributed by atoms with Crippen molar-refractivity contribution in [1.29, 1.82) is 0 Å². The highest BCUT2D eigenvalue weighted by Gasteiger charge is 2.32. The van der Waals surface area contributed by atoms with Gasteiger partial charge in [-0.25, -0.2) is 4.98 Å². The first-order valence-electron chi connectivity index (χ1n) is 10.1. The molecule has 0 spiro atoms. The first-order valence-corrected chi connectivity index (χ1v) is 10.1. The molecule has 3 heterocycles. The third kappa shape index (κ3) is 4.01. The minimum atomic E-state index is -0.221.